The Morgan fingerprint density at radius 2 is 2.20 bits per heavy atom. The summed E-state index contributed by atoms with van der Waals surface area (Å²) in [6.07, 6.45) is 3.88. The van der Waals surface area contributed by atoms with Gasteiger partial charge in [-0.15, -0.1) is 0 Å². The van der Waals surface area contributed by atoms with E-state index in [2.05, 4.69) is 5.16 Å². The molecule has 1 heterocycles. The molecule has 1 saturated carbocycles. The van der Waals surface area contributed by atoms with Crippen LogP contribution < -0.4 is 0 Å². The van der Waals surface area contributed by atoms with Gasteiger partial charge in [0.2, 0.25) is 0 Å². The number of esters is 1. The second kappa shape index (κ2) is 5.85. The molecule has 1 fully saturated rings. The Balaban J connectivity index is 2.26. The lowest BCUT2D eigenvalue weighted by molar-refractivity contribution is -0.158. The van der Waals surface area contributed by atoms with Crippen molar-refractivity contribution in [2.45, 2.75) is 58.5 Å². The zero-order valence-electron chi connectivity index (χ0n) is 12.4. The SMILES string of the molecule is CCCC(=NOCC)C1=C(O)CC(C)(C2CC2)OC1=O. The second-order valence-electron chi connectivity index (χ2n) is 5.68. The summed E-state index contributed by atoms with van der Waals surface area (Å²) >= 11 is 0. The number of cyclic esters (lactones) is 1. The summed E-state index contributed by atoms with van der Waals surface area (Å²) < 4.78 is 5.59. The van der Waals surface area contributed by atoms with Gasteiger partial charge >= 0.3 is 5.97 Å². The van der Waals surface area contributed by atoms with E-state index in [1.807, 2.05) is 20.8 Å². The molecule has 1 unspecified atom stereocenters. The monoisotopic (exact) mass is 281 g/mol. The van der Waals surface area contributed by atoms with Gasteiger partial charge < -0.3 is 14.7 Å². The van der Waals surface area contributed by atoms with Crippen molar-refractivity contribution in [3.63, 3.8) is 0 Å². The van der Waals surface area contributed by atoms with Gasteiger partial charge in [0, 0.05) is 6.42 Å². The Hall–Kier alpha value is -1.52. The van der Waals surface area contributed by atoms with Gasteiger partial charge in [0.15, 0.2) is 0 Å². The number of hydrogen-bond donors (Lipinski definition) is 1. The third-order valence-electron chi connectivity index (χ3n) is 3.86. The molecule has 1 aliphatic carbocycles. The average molecular weight is 281 g/mol. The fourth-order valence-corrected chi connectivity index (χ4v) is 2.64. The summed E-state index contributed by atoms with van der Waals surface area (Å²) in [6.45, 7) is 6.14. The van der Waals surface area contributed by atoms with E-state index in [9.17, 15) is 9.90 Å². The number of ether oxygens (including phenoxy) is 1. The van der Waals surface area contributed by atoms with Gasteiger partial charge in [0.1, 0.15) is 23.5 Å². The minimum absolute atomic E-state index is 0.0857. The predicted molar refractivity (Wildman–Crippen MR) is 75.5 cm³/mol. The quantitative estimate of drug-likeness (QED) is 0.461. The highest BCUT2D eigenvalue weighted by atomic mass is 16.6. The van der Waals surface area contributed by atoms with Crippen LogP contribution in [0.4, 0.5) is 0 Å². The molecule has 0 bridgehead atoms. The first-order chi connectivity index (χ1) is 9.51. The van der Waals surface area contributed by atoms with Gasteiger partial charge in [-0.1, -0.05) is 18.5 Å². The summed E-state index contributed by atoms with van der Waals surface area (Å²) in [5.74, 6) is -0.0220. The topological polar surface area (TPSA) is 68.1 Å². The molecule has 0 aromatic rings. The van der Waals surface area contributed by atoms with E-state index >= 15 is 0 Å². The van der Waals surface area contributed by atoms with Crippen LogP contribution in [0.5, 0.6) is 0 Å². The minimum atomic E-state index is -0.562. The molecule has 5 heteroatoms. The first-order valence-corrected chi connectivity index (χ1v) is 7.36. The van der Waals surface area contributed by atoms with E-state index in [1.54, 1.807) is 0 Å². The molecule has 1 N–H and O–H groups in total. The van der Waals surface area contributed by atoms with E-state index in [4.69, 9.17) is 9.57 Å². The maximum atomic E-state index is 12.3. The molecule has 0 saturated heterocycles. The summed E-state index contributed by atoms with van der Waals surface area (Å²) in [4.78, 5) is 17.3. The number of carbonyl (C=O) groups is 1. The smallest absolute Gasteiger partial charge is 0.344 e. The number of carbonyl (C=O) groups excluding carboxylic acids is 1. The van der Waals surface area contributed by atoms with E-state index < -0.39 is 11.6 Å². The Morgan fingerprint density at radius 3 is 2.70 bits per heavy atom. The standard InChI is InChI=1S/C15H23NO4/c1-4-6-11(16-19-5-2)13-12(17)9-15(3,10-7-8-10)20-14(13)18/h10,17H,4-9H2,1-3H3. The molecule has 1 aliphatic heterocycles. The molecule has 20 heavy (non-hydrogen) atoms. The number of aliphatic hydroxyl groups excluding tert-OH is 1. The van der Waals surface area contributed by atoms with Gasteiger partial charge in [-0.3, -0.25) is 0 Å². The van der Waals surface area contributed by atoms with Gasteiger partial charge in [-0.05, 0) is 39.0 Å². The summed E-state index contributed by atoms with van der Waals surface area (Å²) in [5, 5.41) is 14.3. The van der Waals surface area contributed by atoms with Crippen LogP contribution in [-0.2, 0) is 14.4 Å². The lowest BCUT2D eigenvalue weighted by atomic mass is 9.89. The highest BCUT2D eigenvalue weighted by Crippen LogP contribution is 2.47. The van der Waals surface area contributed by atoms with E-state index in [1.165, 1.54) is 0 Å². The first kappa shape index (κ1) is 14.9. The molecule has 0 spiro atoms. The largest absolute Gasteiger partial charge is 0.511 e. The molecular weight excluding hydrogens is 258 g/mol. The van der Waals surface area contributed by atoms with Crippen molar-refractivity contribution in [2.75, 3.05) is 6.61 Å². The first-order valence-electron chi connectivity index (χ1n) is 7.36. The number of rotatable bonds is 6. The van der Waals surface area contributed by atoms with Crippen LogP contribution in [0.25, 0.3) is 0 Å². The molecular formula is C15H23NO4. The lowest BCUT2D eigenvalue weighted by Crippen LogP contribution is -2.41. The average Bonchev–Trinajstić information content (AvgIpc) is 3.19. The van der Waals surface area contributed by atoms with Crippen molar-refractivity contribution in [1.29, 1.82) is 0 Å². The van der Waals surface area contributed by atoms with Gasteiger partial charge in [-0.25, -0.2) is 4.79 Å². The van der Waals surface area contributed by atoms with Gasteiger partial charge in [-0.2, -0.15) is 0 Å². The Labute approximate surface area is 119 Å². The van der Waals surface area contributed by atoms with Crippen molar-refractivity contribution in [1.82, 2.24) is 0 Å². The van der Waals surface area contributed by atoms with Crippen LogP contribution in [-0.4, -0.2) is 29.0 Å². The molecule has 0 aromatic heterocycles. The maximum absolute atomic E-state index is 12.3. The van der Waals surface area contributed by atoms with Crippen LogP contribution in [0.1, 0.15) is 52.9 Å². The Kier molecular flexibility index (Phi) is 4.35. The summed E-state index contributed by atoms with van der Waals surface area (Å²) in [5.41, 5.74) is 0.112. The Morgan fingerprint density at radius 1 is 1.50 bits per heavy atom. The molecule has 2 aliphatic rings. The molecule has 0 amide bonds. The molecule has 5 nitrogen and oxygen atoms in total. The van der Waals surface area contributed by atoms with E-state index in [-0.39, 0.29) is 11.3 Å². The zero-order chi connectivity index (χ0) is 14.8. The normalized spacial score (nSPS) is 27.6. The lowest BCUT2D eigenvalue weighted by Gasteiger charge is -2.34. The van der Waals surface area contributed by atoms with Gasteiger partial charge in [0.05, 0.1) is 5.71 Å². The van der Waals surface area contributed by atoms with E-state index in [0.717, 1.165) is 19.3 Å². The molecule has 0 aromatic carbocycles. The summed E-state index contributed by atoms with van der Waals surface area (Å²) in [7, 11) is 0. The summed E-state index contributed by atoms with van der Waals surface area (Å²) in [6, 6.07) is 0. The van der Waals surface area contributed by atoms with Crippen LogP contribution >= 0.6 is 0 Å². The highest BCUT2D eigenvalue weighted by Gasteiger charge is 2.49. The number of nitrogens with zero attached hydrogens (tertiary/aromatic N) is 1. The molecule has 1 atom stereocenters. The molecule has 112 valence electrons. The fourth-order valence-electron chi connectivity index (χ4n) is 2.64. The predicted octanol–water partition coefficient (Wildman–Crippen LogP) is 3.11. The zero-order valence-corrected chi connectivity index (χ0v) is 12.4. The van der Waals surface area contributed by atoms with Gasteiger partial charge in [0.25, 0.3) is 0 Å². The highest BCUT2D eigenvalue weighted by molar-refractivity contribution is 6.20. The van der Waals surface area contributed by atoms with Crippen LogP contribution in [0.15, 0.2) is 16.5 Å². The third-order valence-corrected chi connectivity index (χ3v) is 3.86. The third kappa shape index (κ3) is 2.97. The van der Waals surface area contributed by atoms with Crippen molar-refractivity contribution >= 4 is 11.7 Å². The van der Waals surface area contributed by atoms with Crippen LogP contribution in [0.3, 0.4) is 0 Å². The van der Waals surface area contributed by atoms with Crippen LogP contribution in [0, 0.1) is 5.92 Å². The second-order valence-corrected chi connectivity index (χ2v) is 5.68. The molecule has 2 rings (SSSR count). The minimum Gasteiger partial charge on any atom is -0.511 e. The number of hydrogen-bond acceptors (Lipinski definition) is 5. The van der Waals surface area contributed by atoms with E-state index in [0.29, 0.717) is 31.1 Å². The maximum Gasteiger partial charge on any atom is 0.344 e. The molecule has 0 radical (unpaired) electrons. The van der Waals surface area contributed by atoms with Crippen molar-refractivity contribution in [3.8, 4) is 0 Å². The number of oxime groups is 1. The number of aliphatic hydroxyl groups is 1. The van der Waals surface area contributed by atoms with Crippen molar-refractivity contribution < 1.29 is 19.5 Å². The fraction of sp³-hybridized carbons (Fsp3) is 0.733. The van der Waals surface area contributed by atoms with Crippen molar-refractivity contribution in [3.05, 3.63) is 11.3 Å². The Bertz CT molecular complexity index is 451. The van der Waals surface area contributed by atoms with Crippen LogP contribution in [0.2, 0.25) is 0 Å². The van der Waals surface area contributed by atoms with Crippen molar-refractivity contribution in [2.24, 2.45) is 11.1 Å².